The maximum atomic E-state index is 11.6. The monoisotopic (exact) mass is 295 g/mol. The van der Waals surface area contributed by atoms with Crippen LogP contribution in [0.5, 0.6) is 0 Å². The molecule has 100 valence electrons. The summed E-state index contributed by atoms with van der Waals surface area (Å²) >= 11 is 6.70. The molecule has 0 saturated carbocycles. The van der Waals surface area contributed by atoms with Gasteiger partial charge in [-0.25, -0.2) is 9.48 Å². The van der Waals surface area contributed by atoms with Crippen LogP contribution < -0.4 is 5.32 Å². The third-order valence-corrected chi connectivity index (χ3v) is 3.66. The second kappa shape index (κ2) is 5.50. The number of ether oxygens (including phenoxy) is 1. The van der Waals surface area contributed by atoms with Gasteiger partial charge in [0.25, 0.3) is 0 Å². The van der Waals surface area contributed by atoms with E-state index < -0.39 is 0 Å². The Hall–Kier alpha value is -1.73. The van der Waals surface area contributed by atoms with Gasteiger partial charge in [-0.15, -0.1) is 11.3 Å². The number of thiocarbonyl (C=S) groups is 1. The molecule has 0 spiro atoms. The maximum absolute atomic E-state index is 11.6. The van der Waals surface area contributed by atoms with E-state index in [4.69, 9.17) is 17.0 Å². The van der Waals surface area contributed by atoms with Crippen molar-refractivity contribution in [2.75, 3.05) is 12.4 Å². The van der Waals surface area contributed by atoms with Gasteiger partial charge in [0.05, 0.1) is 18.9 Å². The van der Waals surface area contributed by atoms with E-state index in [1.165, 1.54) is 18.4 Å². The van der Waals surface area contributed by atoms with Gasteiger partial charge in [0.2, 0.25) is 0 Å². The molecule has 0 bridgehead atoms. The Balaban J connectivity index is 2.24. The molecule has 0 saturated heterocycles. The molecule has 0 radical (unpaired) electrons. The molecule has 0 aliphatic carbocycles. The van der Waals surface area contributed by atoms with Crippen molar-refractivity contribution in [3.05, 3.63) is 34.5 Å². The van der Waals surface area contributed by atoms with Crippen molar-refractivity contribution in [3.8, 4) is 0 Å². The Morgan fingerprint density at radius 3 is 2.84 bits per heavy atom. The summed E-state index contributed by atoms with van der Waals surface area (Å²) in [4.78, 5) is 12.7. The molecule has 19 heavy (non-hydrogen) atoms. The minimum Gasteiger partial charge on any atom is -0.465 e. The van der Waals surface area contributed by atoms with E-state index in [0.29, 0.717) is 15.7 Å². The number of esters is 1. The second-order valence-electron chi connectivity index (χ2n) is 3.98. The number of carbonyl (C=O) groups is 1. The van der Waals surface area contributed by atoms with E-state index >= 15 is 0 Å². The summed E-state index contributed by atoms with van der Waals surface area (Å²) in [6.07, 6.45) is 3.53. The molecule has 2 aromatic rings. The number of nitrogens with zero attached hydrogens (tertiary/aromatic N) is 2. The van der Waals surface area contributed by atoms with E-state index in [9.17, 15) is 4.79 Å². The first kappa shape index (κ1) is 13.7. The van der Waals surface area contributed by atoms with E-state index in [2.05, 4.69) is 10.4 Å². The van der Waals surface area contributed by atoms with Crippen LogP contribution in [0.25, 0.3) is 0 Å². The third kappa shape index (κ3) is 2.99. The quantitative estimate of drug-likeness (QED) is 0.682. The van der Waals surface area contributed by atoms with Crippen molar-refractivity contribution >= 4 is 39.6 Å². The van der Waals surface area contributed by atoms with Gasteiger partial charge in [0.1, 0.15) is 5.00 Å². The van der Waals surface area contributed by atoms with Crippen LogP contribution in [0.3, 0.4) is 0 Å². The van der Waals surface area contributed by atoms with Crippen LogP contribution in [0, 0.1) is 13.8 Å². The van der Waals surface area contributed by atoms with Gasteiger partial charge >= 0.3 is 5.97 Å². The Labute approximate surface area is 120 Å². The lowest BCUT2D eigenvalue weighted by atomic mass is 10.3. The van der Waals surface area contributed by atoms with Crippen LogP contribution >= 0.6 is 23.6 Å². The molecular weight excluding hydrogens is 282 g/mol. The van der Waals surface area contributed by atoms with Crippen molar-refractivity contribution in [3.63, 3.8) is 0 Å². The lowest BCUT2D eigenvalue weighted by Gasteiger charge is -2.07. The van der Waals surface area contributed by atoms with Crippen molar-refractivity contribution in [1.29, 1.82) is 0 Å². The summed E-state index contributed by atoms with van der Waals surface area (Å²) in [6, 6.07) is 1.77. The first-order chi connectivity index (χ1) is 9.01. The van der Waals surface area contributed by atoms with E-state index in [-0.39, 0.29) is 5.97 Å². The topological polar surface area (TPSA) is 56.1 Å². The second-order valence-corrected chi connectivity index (χ2v) is 5.63. The van der Waals surface area contributed by atoms with E-state index in [0.717, 1.165) is 10.4 Å². The van der Waals surface area contributed by atoms with Crippen LogP contribution in [0.15, 0.2) is 18.5 Å². The lowest BCUT2D eigenvalue weighted by Crippen LogP contribution is -2.20. The van der Waals surface area contributed by atoms with Gasteiger partial charge < -0.3 is 10.1 Å². The molecule has 0 aliphatic rings. The summed E-state index contributed by atoms with van der Waals surface area (Å²) in [6.45, 7) is 3.85. The number of rotatable bonds is 2. The number of aryl methyl sites for hydroxylation is 2. The largest absolute Gasteiger partial charge is 0.465 e. The molecule has 0 atom stereocenters. The summed E-state index contributed by atoms with van der Waals surface area (Å²) < 4.78 is 6.30. The predicted octanol–water partition coefficient (Wildman–Crippen LogP) is 2.59. The van der Waals surface area contributed by atoms with Gasteiger partial charge in [-0.2, -0.15) is 5.10 Å². The highest BCUT2D eigenvalue weighted by atomic mass is 32.1. The summed E-state index contributed by atoms with van der Waals surface area (Å²) in [7, 11) is 1.36. The highest BCUT2D eigenvalue weighted by Crippen LogP contribution is 2.28. The number of hydrogen-bond acceptors (Lipinski definition) is 5. The van der Waals surface area contributed by atoms with Crippen molar-refractivity contribution in [2.45, 2.75) is 13.8 Å². The van der Waals surface area contributed by atoms with E-state index in [1.54, 1.807) is 16.9 Å². The molecule has 5 nitrogen and oxygen atoms in total. The van der Waals surface area contributed by atoms with Crippen LogP contribution in [-0.2, 0) is 4.74 Å². The molecule has 2 heterocycles. The highest BCUT2D eigenvalue weighted by Gasteiger charge is 2.16. The maximum Gasteiger partial charge on any atom is 0.340 e. The zero-order chi connectivity index (χ0) is 14.0. The van der Waals surface area contributed by atoms with Crippen molar-refractivity contribution in [1.82, 2.24) is 9.78 Å². The minimum atomic E-state index is -0.383. The Bertz CT molecular complexity index is 631. The number of hydrogen-bond donors (Lipinski definition) is 1. The first-order valence-electron chi connectivity index (χ1n) is 5.52. The number of aromatic nitrogens is 2. The fraction of sp³-hybridized carbons (Fsp3) is 0.250. The smallest absolute Gasteiger partial charge is 0.340 e. The number of nitrogens with one attached hydrogen (secondary N) is 1. The van der Waals surface area contributed by atoms with Crippen LogP contribution in [0.4, 0.5) is 5.00 Å². The van der Waals surface area contributed by atoms with E-state index in [1.807, 2.05) is 20.0 Å². The summed E-state index contributed by atoms with van der Waals surface area (Å²) in [5, 5.41) is 8.23. The molecule has 7 heteroatoms. The van der Waals surface area contributed by atoms with Crippen LogP contribution in [0.1, 0.15) is 20.8 Å². The molecule has 0 aliphatic heterocycles. The van der Waals surface area contributed by atoms with Crippen molar-refractivity contribution < 1.29 is 9.53 Å². The molecule has 2 aromatic heterocycles. The Morgan fingerprint density at radius 1 is 1.53 bits per heavy atom. The van der Waals surface area contributed by atoms with Crippen LogP contribution in [0.2, 0.25) is 0 Å². The summed E-state index contributed by atoms with van der Waals surface area (Å²) in [5.74, 6) is -0.383. The predicted molar refractivity (Wildman–Crippen MR) is 79.0 cm³/mol. The standard InChI is InChI=1S/C12H13N3O2S2/c1-7-5-13-15(6-7)12(18)14-10-9(11(16)17-3)4-8(2)19-10/h4-6H,1-3H3,(H,14,18). The third-order valence-electron chi connectivity index (χ3n) is 2.40. The fourth-order valence-electron chi connectivity index (χ4n) is 1.55. The van der Waals surface area contributed by atoms with Crippen molar-refractivity contribution in [2.24, 2.45) is 0 Å². The average Bonchev–Trinajstić information content (AvgIpc) is 2.95. The normalized spacial score (nSPS) is 10.3. The van der Waals surface area contributed by atoms with Gasteiger partial charge in [-0.1, -0.05) is 0 Å². The Morgan fingerprint density at radius 2 is 2.26 bits per heavy atom. The van der Waals surface area contributed by atoms with Crippen LogP contribution in [-0.4, -0.2) is 28.0 Å². The molecular formula is C12H13N3O2S2. The molecule has 0 amide bonds. The first-order valence-corrected chi connectivity index (χ1v) is 6.75. The zero-order valence-electron chi connectivity index (χ0n) is 10.8. The number of thiophene rings is 1. The van der Waals surface area contributed by atoms with Gasteiger partial charge in [0.15, 0.2) is 5.11 Å². The number of carbonyl (C=O) groups excluding carboxylic acids is 1. The minimum absolute atomic E-state index is 0.383. The zero-order valence-corrected chi connectivity index (χ0v) is 12.4. The van der Waals surface area contributed by atoms with Gasteiger partial charge in [-0.3, -0.25) is 0 Å². The SMILES string of the molecule is COC(=O)c1cc(C)sc1NC(=S)n1cc(C)cn1. The van der Waals surface area contributed by atoms with Gasteiger partial charge in [0, 0.05) is 11.1 Å². The molecule has 0 unspecified atom stereocenters. The molecule has 2 rings (SSSR count). The molecule has 0 aromatic carbocycles. The number of methoxy groups -OCH3 is 1. The number of anilines is 1. The average molecular weight is 295 g/mol. The highest BCUT2D eigenvalue weighted by molar-refractivity contribution is 7.80. The summed E-state index contributed by atoms with van der Waals surface area (Å²) in [5.41, 5.74) is 1.50. The molecule has 1 N–H and O–H groups in total. The Kier molecular flexibility index (Phi) is 3.96. The van der Waals surface area contributed by atoms with Gasteiger partial charge in [-0.05, 0) is 37.7 Å². The fourth-order valence-corrected chi connectivity index (χ4v) is 2.71. The molecule has 0 fully saturated rings. The lowest BCUT2D eigenvalue weighted by molar-refractivity contribution is 0.0602.